The van der Waals surface area contributed by atoms with Gasteiger partial charge < -0.3 is 25.2 Å². The van der Waals surface area contributed by atoms with Crippen molar-refractivity contribution in [1.82, 2.24) is 10.6 Å². The van der Waals surface area contributed by atoms with Crippen molar-refractivity contribution >= 4 is 17.5 Å². The van der Waals surface area contributed by atoms with Gasteiger partial charge in [-0.25, -0.2) is 0 Å². The predicted octanol–water partition coefficient (Wildman–Crippen LogP) is 0.288. The smallest absolute Gasteiger partial charge is 0.279 e. The number of aliphatic hydroxyl groups is 1. The monoisotopic (exact) mass is 355 g/mol. The number of nitrogens with one attached hydrogen (secondary N) is 2. The lowest BCUT2D eigenvalue weighted by Gasteiger charge is -2.14. The molecule has 1 rings (SSSR count). The van der Waals surface area contributed by atoms with Gasteiger partial charge in [0.05, 0.1) is 29.8 Å². The highest BCUT2D eigenvalue weighted by atomic mass is 16.6. The van der Waals surface area contributed by atoms with E-state index in [0.717, 1.165) is 6.07 Å². The van der Waals surface area contributed by atoms with Gasteiger partial charge in [0.15, 0.2) is 18.1 Å². The van der Waals surface area contributed by atoms with Crippen LogP contribution in [0.25, 0.3) is 0 Å². The molecule has 0 saturated carbocycles. The number of nitrogens with zero attached hydrogens (tertiary/aromatic N) is 1. The van der Waals surface area contributed by atoms with E-state index in [1.54, 1.807) is 0 Å². The zero-order chi connectivity index (χ0) is 19.0. The number of amides is 2. The molecule has 0 aliphatic rings. The first kappa shape index (κ1) is 20.2. The molecule has 1 unspecified atom stereocenters. The third-order valence-electron chi connectivity index (χ3n) is 3.14. The van der Waals surface area contributed by atoms with E-state index in [1.165, 1.54) is 27.0 Å². The Hall–Kier alpha value is -2.88. The number of carbonyl (C=O) groups excluding carboxylic acids is 2. The standard InChI is InChI=1S/C15H21N3O7/c1-9(19)11-6-13(24-3)14(7-12(11)18(22)23)25-8-15(21)17-5-4-16-10(2)20/h6-7,9,19H,4-5,8H2,1-3H3,(H,16,20)(H,17,21). The Morgan fingerprint density at radius 1 is 1.28 bits per heavy atom. The van der Waals surface area contributed by atoms with Crippen LogP contribution in [0.2, 0.25) is 0 Å². The van der Waals surface area contributed by atoms with E-state index >= 15 is 0 Å². The second-order valence-corrected chi connectivity index (χ2v) is 5.12. The Morgan fingerprint density at radius 2 is 1.92 bits per heavy atom. The van der Waals surface area contributed by atoms with Crippen LogP contribution in [-0.2, 0) is 9.59 Å². The first-order valence-corrected chi connectivity index (χ1v) is 7.44. The van der Waals surface area contributed by atoms with Crippen molar-refractivity contribution in [2.24, 2.45) is 0 Å². The molecule has 3 N–H and O–H groups in total. The Bertz CT molecular complexity index is 646. The molecule has 10 nitrogen and oxygen atoms in total. The van der Waals surface area contributed by atoms with Crippen LogP contribution < -0.4 is 20.1 Å². The maximum atomic E-state index is 11.7. The van der Waals surface area contributed by atoms with Gasteiger partial charge in [-0.1, -0.05) is 0 Å². The van der Waals surface area contributed by atoms with Gasteiger partial charge in [0, 0.05) is 20.0 Å². The molecule has 0 heterocycles. The number of hydrogen-bond acceptors (Lipinski definition) is 7. The lowest BCUT2D eigenvalue weighted by Crippen LogP contribution is -2.36. The van der Waals surface area contributed by atoms with Gasteiger partial charge in [-0.15, -0.1) is 0 Å². The lowest BCUT2D eigenvalue weighted by molar-refractivity contribution is -0.386. The van der Waals surface area contributed by atoms with Crippen LogP contribution in [0.3, 0.4) is 0 Å². The van der Waals surface area contributed by atoms with Gasteiger partial charge in [0.1, 0.15) is 0 Å². The summed E-state index contributed by atoms with van der Waals surface area (Å²) in [4.78, 5) is 32.9. The minimum atomic E-state index is -1.07. The quantitative estimate of drug-likeness (QED) is 0.328. The molecule has 0 fully saturated rings. The molecule has 0 aromatic heterocycles. The molecular weight excluding hydrogens is 334 g/mol. The first-order valence-electron chi connectivity index (χ1n) is 7.44. The number of methoxy groups -OCH3 is 1. The summed E-state index contributed by atoms with van der Waals surface area (Å²) in [5.41, 5.74) is -0.258. The van der Waals surface area contributed by atoms with Crippen molar-refractivity contribution < 1.29 is 29.1 Å². The summed E-state index contributed by atoms with van der Waals surface area (Å²) in [7, 11) is 1.34. The minimum absolute atomic E-state index is 0.00982. The molecule has 2 amide bonds. The fourth-order valence-electron chi connectivity index (χ4n) is 1.96. The normalized spacial score (nSPS) is 11.4. The Morgan fingerprint density at radius 3 is 2.44 bits per heavy atom. The fourth-order valence-corrected chi connectivity index (χ4v) is 1.96. The molecule has 0 saturated heterocycles. The van der Waals surface area contributed by atoms with Gasteiger partial charge in [-0.05, 0) is 13.0 Å². The highest BCUT2D eigenvalue weighted by Crippen LogP contribution is 2.37. The lowest BCUT2D eigenvalue weighted by atomic mass is 10.1. The topological polar surface area (TPSA) is 140 Å². The molecule has 0 aliphatic carbocycles. The number of carbonyl (C=O) groups is 2. The second-order valence-electron chi connectivity index (χ2n) is 5.12. The van der Waals surface area contributed by atoms with Crippen LogP contribution >= 0.6 is 0 Å². The molecule has 0 radical (unpaired) electrons. The predicted molar refractivity (Wildman–Crippen MR) is 87.5 cm³/mol. The maximum Gasteiger partial charge on any atom is 0.279 e. The van der Waals surface area contributed by atoms with Gasteiger partial charge in [-0.3, -0.25) is 19.7 Å². The molecule has 1 aromatic rings. The average Bonchev–Trinajstić information content (AvgIpc) is 2.55. The number of rotatable bonds is 9. The fraction of sp³-hybridized carbons (Fsp3) is 0.467. The summed E-state index contributed by atoms with van der Waals surface area (Å²) < 4.78 is 10.4. The highest BCUT2D eigenvalue weighted by molar-refractivity contribution is 5.78. The van der Waals surface area contributed by atoms with Crippen molar-refractivity contribution in [3.63, 3.8) is 0 Å². The molecule has 0 spiro atoms. The van der Waals surface area contributed by atoms with Crippen molar-refractivity contribution in [3.8, 4) is 11.5 Å². The second kappa shape index (κ2) is 9.42. The maximum absolute atomic E-state index is 11.7. The van der Waals surface area contributed by atoms with Crippen LogP contribution in [0, 0.1) is 10.1 Å². The molecule has 1 aromatic carbocycles. The molecule has 138 valence electrons. The van der Waals surface area contributed by atoms with Crippen molar-refractivity contribution in [1.29, 1.82) is 0 Å². The summed E-state index contributed by atoms with van der Waals surface area (Å²) in [6.45, 7) is 2.87. The summed E-state index contributed by atoms with van der Waals surface area (Å²) in [6, 6.07) is 2.40. The molecule has 0 bridgehead atoms. The van der Waals surface area contributed by atoms with Crippen molar-refractivity contribution in [3.05, 3.63) is 27.8 Å². The van der Waals surface area contributed by atoms with E-state index in [2.05, 4.69) is 10.6 Å². The van der Waals surface area contributed by atoms with Crippen LogP contribution in [-0.4, -0.2) is 48.7 Å². The van der Waals surface area contributed by atoms with Gasteiger partial charge in [0.25, 0.3) is 11.6 Å². The third-order valence-corrected chi connectivity index (χ3v) is 3.14. The summed E-state index contributed by atoms with van der Waals surface area (Å²) in [5.74, 6) is -0.501. The number of ether oxygens (including phenoxy) is 2. The van der Waals surface area contributed by atoms with Crippen LogP contribution in [0.15, 0.2) is 12.1 Å². The molecule has 25 heavy (non-hydrogen) atoms. The van der Waals surface area contributed by atoms with E-state index in [-0.39, 0.29) is 48.4 Å². The van der Waals surface area contributed by atoms with Crippen molar-refractivity contribution in [2.45, 2.75) is 20.0 Å². The first-order chi connectivity index (χ1) is 11.8. The molecule has 10 heteroatoms. The van der Waals surface area contributed by atoms with Crippen molar-refractivity contribution in [2.75, 3.05) is 26.8 Å². The highest BCUT2D eigenvalue weighted by Gasteiger charge is 2.23. The summed E-state index contributed by atoms with van der Waals surface area (Å²) >= 11 is 0. The molecular formula is C15H21N3O7. The average molecular weight is 355 g/mol. The minimum Gasteiger partial charge on any atom is -0.493 e. The van der Waals surface area contributed by atoms with E-state index in [1.807, 2.05) is 0 Å². The Labute approximate surface area is 144 Å². The Kier molecular flexibility index (Phi) is 7.60. The number of aliphatic hydroxyl groups excluding tert-OH is 1. The van der Waals surface area contributed by atoms with Gasteiger partial charge in [0.2, 0.25) is 5.91 Å². The SMILES string of the molecule is COc1cc(C(C)O)c([N+](=O)[O-])cc1OCC(=O)NCCNC(C)=O. The van der Waals surface area contributed by atoms with Gasteiger partial charge in [-0.2, -0.15) is 0 Å². The van der Waals surface area contributed by atoms with Crippen LogP contribution in [0.5, 0.6) is 11.5 Å². The van der Waals surface area contributed by atoms with Crippen LogP contribution in [0.4, 0.5) is 5.69 Å². The molecule has 1 atom stereocenters. The number of benzene rings is 1. The third kappa shape index (κ3) is 6.26. The van der Waals surface area contributed by atoms with E-state index < -0.39 is 16.9 Å². The number of nitro groups is 1. The van der Waals surface area contributed by atoms with Gasteiger partial charge >= 0.3 is 0 Å². The molecule has 0 aliphatic heterocycles. The summed E-state index contributed by atoms with van der Waals surface area (Å²) in [5, 5.41) is 25.8. The number of hydrogen-bond donors (Lipinski definition) is 3. The van der Waals surface area contributed by atoms with E-state index in [0.29, 0.717) is 0 Å². The number of nitro benzene ring substituents is 1. The van der Waals surface area contributed by atoms with E-state index in [9.17, 15) is 24.8 Å². The largest absolute Gasteiger partial charge is 0.493 e. The zero-order valence-electron chi connectivity index (χ0n) is 14.2. The van der Waals surface area contributed by atoms with Crippen LogP contribution in [0.1, 0.15) is 25.5 Å². The zero-order valence-corrected chi connectivity index (χ0v) is 14.2. The van der Waals surface area contributed by atoms with E-state index in [4.69, 9.17) is 9.47 Å². The summed E-state index contributed by atoms with van der Waals surface area (Å²) in [6.07, 6.45) is -1.07. The Balaban J connectivity index is 2.77.